The maximum Gasteiger partial charge on any atom is 0.211 e. The van der Waals surface area contributed by atoms with Crippen molar-refractivity contribution in [1.29, 1.82) is 0 Å². The highest BCUT2D eigenvalue weighted by molar-refractivity contribution is 7.89. The molecule has 0 aromatic heterocycles. The van der Waals surface area contributed by atoms with E-state index in [-0.39, 0.29) is 5.75 Å². The fraction of sp³-hybridized carbons (Fsp3) is 1.00. The van der Waals surface area contributed by atoms with E-state index >= 15 is 0 Å². The molecule has 0 aromatic rings. The SMILES string of the molecule is CCCS(=O)(=O)NCC1CCCC1CCl. The Kier molecular flexibility index (Phi) is 5.36. The van der Waals surface area contributed by atoms with Gasteiger partial charge in [-0.15, -0.1) is 11.6 Å². The van der Waals surface area contributed by atoms with E-state index in [1.54, 1.807) is 0 Å². The van der Waals surface area contributed by atoms with Gasteiger partial charge in [0.25, 0.3) is 0 Å². The minimum absolute atomic E-state index is 0.227. The van der Waals surface area contributed by atoms with Crippen LogP contribution in [0.5, 0.6) is 0 Å². The molecule has 0 radical (unpaired) electrons. The van der Waals surface area contributed by atoms with E-state index in [1.807, 2.05) is 6.92 Å². The standard InChI is InChI=1S/C10H20ClNO2S/c1-2-6-15(13,14)12-8-10-5-3-4-9(10)7-11/h9-10,12H,2-8H2,1H3. The third-order valence-corrected chi connectivity index (χ3v) is 5.00. The number of hydrogen-bond acceptors (Lipinski definition) is 2. The van der Waals surface area contributed by atoms with Gasteiger partial charge in [0.05, 0.1) is 5.75 Å². The predicted octanol–water partition coefficient (Wildman–Crippen LogP) is 1.97. The van der Waals surface area contributed by atoms with Gasteiger partial charge >= 0.3 is 0 Å². The van der Waals surface area contributed by atoms with Crippen molar-refractivity contribution in [2.24, 2.45) is 11.8 Å². The van der Waals surface area contributed by atoms with Crippen LogP contribution in [0.1, 0.15) is 32.6 Å². The molecule has 0 heterocycles. The topological polar surface area (TPSA) is 46.2 Å². The largest absolute Gasteiger partial charge is 0.215 e. The zero-order chi connectivity index (χ0) is 11.3. The van der Waals surface area contributed by atoms with Crippen molar-refractivity contribution in [2.45, 2.75) is 32.6 Å². The number of nitrogens with one attached hydrogen (secondary N) is 1. The Morgan fingerprint density at radius 3 is 2.60 bits per heavy atom. The van der Waals surface area contributed by atoms with E-state index in [9.17, 15) is 8.42 Å². The Morgan fingerprint density at radius 2 is 2.00 bits per heavy atom. The summed E-state index contributed by atoms with van der Waals surface area (Å²) < 4.78 is 25.6. The Hall–Kier alpha value is 0.200. The second-order valence-corrected chi connectivity index (χ2v) is 6.51. The minimum Gasteiger partial charge on any atom is -0.215 e. The van der Waals surface area contributed by atoms with Crippen molar-refractivity contribution >= 4 is 21.6 Å². The highest BCUT2D eigenvalue weighted by atomic mass is 35.5. The summed E-state index contributed by atoms with van der Waals surface area (Å²) >= 11 is 5.84. The van der Waals surface area contributed by atoms with Crippen LogP contribution in [-0.2, 0) is 10.0 Å². The van der Waals surface area contributed by atoms with Crippen LogP contribution < -0.4 is 4.72 Å². The number of alkyl halides is 1. The average molecular weight is 254 g/mol. The quantitative estimate of drug-likeness (QED) is 0.736. The molecule has 1 N–H and O–H groups in total. The highest BCUT2D eigenvalue weighted by Gasteiger charge is 2.27. The summed E-state index contributed by atoms with van der Waals surface area (Å²) in [5.41, 5.74) is 0. The van der Waals surface area contributed by atoms with Crippen molar-refractivity contribution in [3.63, 3.8) is 0 Å². The van der Waals surface area contributed by atoms with Crippen molar-refractivity contribution in [3.8, 4) is 0 Å². The molecule has 0 aromatic carbocycles. The zero-order valence-corrected chi connectivity index (χ0v) is 10.8. The third kappa shape index (κ3) is 4.29. The van der Waals surface area contributed by atoms with Gasteiger partial charge in [-0.05, 0) is 31.1 Å². The van der Waals surface area contributed by atoms with Gasteiger partial charge in [0, 0.05) is 12.4 Å². The molecule has 0 aliphatic heterocycles. The van der Waals surface area contributed by atoms with E-state index < -0.39 is 10.0 Å². The second-order valence-electron chi connectivity index (χ2n) is 4.27. The molecule has 1 aliphatic carbocycles. The van der Waals surface area contributed by atoms with Gasteiger partial charge < -0.3 is 0 Å². The zero-order valence-electron chi connectivity index (χ0n) is 9.21. The molecule has 3 nitrogen and oxygen atoms in total. The molecule has 1 fully saturated rings. The third-order valence-electron chi connectivity index (χ3n) is 3.05. The minimum atomic E-state index is -3.04. The Bertz CT molecular complexity index is 279. The van der Waals surface area contributed by atoms with Crippen LogP contribution in [-0.4, -0.2) is 26.6 Å². The fourth-order valence-corrected chi connectivity index (χ4v) is 3.72. The Labute approximate surface area is 97.6 Å². The molecule has 15 heavy (non-hydrogen) atoms. The molecule has 1 aliphatic rings. The summed E-state index contributed by atoms with van der Waals surface area (Å²) in [7, 11) is -3.04. The molecular weight excluding hydrogens is 234 g/mol. The normalized spacial score (nSPS) is 27.1. The van der Waals surface area contributed by atoms with E-state index in [2.05, 4.69) is 4.72 Å². The molecule has 0 saturated heterocycles. The first kappa shape index (κ1) is 13.3. The van der Waals surface area contributed by atoms with Gasteiger partial charge in [-0.25, -0.2) is 13.1 Å². The van der Waals surface area contributed by atoms with Crippen molar-refractivity contribution in [2.75, 3.05) is 18.2 Å². The first-order valence-corrected chi connectivity index (χ1v) is 7.81. The van der Waals surface area contributed by atoms with Crippen LogP contribution in [0.4, 0.5) is 0 Å². The molecule has 0 spiro atoms. The van der Waals surface area contributed by atoms with Gasteiger partial charge in [-0.2, -0.15) is 0 Å². The van der Waals surface area contributed by atoms with Crippen LogP contribution >= 0.6 is 11.6 Å². The molecule has 5 heteroatoms. The lowest BCUT2D eigenvalue weighted by Gasteiger charge is -2.17. The fourth-order valence-electron chi connectivity index (χ4n) is 2.16. The Morgan fingerprint density at radius 1 is 1.33 bits per heavy atom. The molecular formula is C10H20ClNO2S. The summed E-state index contributed by atoms with van der Waals surface area (Å²) in [5, 5.41) is 0. The first-order valence-electron chi connectivity index (χ1n) is 5.62. The van der Waals surface area contributed by atoms with Crippen molar-refractivity contribution < 1.29 is 8.42 Å². The molecule has 2 atom stereocenters. The van der Waals surface area contributed by atoms with Crippen molar-refractivity contribution in [3.05, 3.63) is 0 Å². The second kappa shape index (κ2) is 6.06. The molecule has 90 valence electrons. The van der Waals surface area contributed by atoms with Gasteiger partial charge in [0.15, 0.2) is 0 Å². The molecule has 2 unspecified atom stereocenters. The van der Waals surface area contributed by atoms with Gasteiger partial charge in [0.1, 0.15) is 0 Å². The summed E-state index contributed by atoms with van der Waals surface area (Å²) in [5.74, 6) is 1.82. The van der Waals surface area contributed by atoms with Crippen LogP contribution in [0.15, 0.2) is 0 Å². The van der Waals surface area contributed by atoms with Crippen LogP contribution in [0.3, 0.4) is 0 Å². The number of rotatable bonds is 6. The van der Waals surface area contributed by atoms with E-state index in [0.717, 1.165) is 12.8 Å². The predicted molar refractivity (Wildman–Crippen MR) is 63.6 cm³/mol. The molecule has 0 amide bonds. The summed E-state index contributed by atoms with van der Waals surface area (Å²) in [6.45, 7) is 2.44. The highest BCUT2D eigenvalue weighted by Crippen LogP contribution is 2.32. The molecule has 1 rings (SSSR count). The lowest BCUT2D eigenvalue weighted by molar-refractivity contribution is 0.418. The van der Waals surface area contributed by atoms with Gasteiger partial charge in [-0.1, -0.05) is 13.3 Å². The summed E-state index contributed by atoms with van der Waals surface area (Å²) in [6, 6.07) is 0. The molecule has 1 saturated carbocycles. The number of halogens is 1. The van der Waals surface area contributed by atoms with E-state index in [4.69, 9.17) is 11.6 Å². The summed E-state index contributed by atoms with van der Waals surface area (Å²) in [4.78, 5) is 0. The molecule has 0 bridgehead atoms. The lowest BCUT2D eigenvalue weighted by Crippen LogP contribution is -2.32. The van der Waals surface area contributed by atoms with Crippen LogP contribution in [0.25, 0.3) is 0 Å². The average Bonchev–Trinajstić information content (AvgIpc) is 2.62. The van der Waals surface area contributed by atoms with Gasteiger partial charge in [-0.3, -0.25) is 0 Å². The summed E-state index contributed by atoms with van der Waals surface area (Å²) in [6.07, 6.45) is 4.09. The van der Waals surface area contributed by atoms with Crippen LogP contribution in [0.2, 0.25) is 0 Å². The first-order chi connectivity index (χ1) is 7.09. The number of hydrogen-bond donors (Lipinski definition) is 1. The Balaban J connectivity index is 2.36. The maximum absolute atomic E-state index is 11.4. The van der Waals surface area contributed by atoms with E-state index in [1.165, 1.54) is 6.42 Å². The van der Waals surface area contributed by atoms with Gasteiger partial charge in [0.2, 0.25) is 10.0 Å². The smallest absolute Gasteiger partial charge is 0.211 e. The maximum atomic E-state index is 11.4. The van der Waals surface area contributed by atoms with E-state index in [0.29, 0.717) is 30.7 Å². The van der Waals surface area contributed by atoms with Crippen LogP contribution in [0, 0.1) is 11.8 Å². The monoisotopic (exact) mass is 253 g/mol. The number of sulfonamides is 1. The van der Waals surface area contributed by atoms with Crippen molar-refractivity contribution in [1.82, 2.24) is 4.72 Å². The lowest BCUT2D eigenvalue weighted by atomic mass is 9.98.